The summed E-state index contributed by atoms with van der Waals surface area (Å²) < 4.78 is 0. The lowest BCUT2D eigenvalue weighted by molar-refractivity contribution is -0.144. The second kappa shape index (κ2) is 24.7. The van der Waals surface area contributed by atoms with E-state index in [1.54, 1.807) is 6.07 Å². The molecule has 5 rings (SSSR count). The molecule has 1 aromatic heterocycles. The molecular formula is C50H65N7O9. The highest BCUT2D eigenvalue weighted by Crippen LogP contribution is 2.39. The number of unbranched alkanes of at least 4 members (excludes halogenated alkanes) is 8. The summed E-state index contributed by atoms with van der Waals surface area (Å²) in [6.45, 7) is 3.87. The van der Waals surface area contributed by atoms with Crippen LogP contribution in [-0.4, -0.2) is 99.0 Å². The number of aliphatic carboxylic acids is 1. The van der Waals surface area contributed by atoms with E-state index in [0.29, 0.717) is 30.5 Å². The maximum atomic E-state index is 14.4. The number of amides is 5. The fourth-order valence-electron chi connectivity index (χ4n) is 8.20. The lowest BCUT2D eigenvalue weighted by Gasteiger charge is -2.32. The Morgan fingerprint density at radius 1 is 0.833 bits per heavy atom. The fraction of sp³-hybridized carbons (Fsp3) is 0.460. The number of hydrogen-bond acceptors (Lipinski definition) is 10. The number of fused-ring (bicyclic) bond motifs is 6. The Labute approximate surface area is 386 Å². The van der Waals surface area contributed by atoms with E-state index in [4.69, 9.17) is 5.73 Å². The van der Waals surface area contributed by atoms with Crippen molar-refractivity contribution in [2.24, 2.45) is 5.73 Å². The highest BCUT2D eigenvalue weighted by molar-refractivity contribution is 5.97. The number of aromatic hydroxyl groups is 2. The molecule has 9 N–H and O–H groups in total. The zero-order chi connectivity index (χ0) is 47.8. The van der Waals surface area contributed by atoms with Crippen molar-refractivity contribution in [3.63, 3.8) is 0 Å². The van der Waals surface area contributed by atoms with Gasteiger partial charge < -0.3 is 47.2 Å². The van der Waals surface area contributed by atoms with E-state index < -0.39 is 59.7 Å². The second-order valence-electron chi connectivity index (χ2n) is 17.2. The minimum Gasteiger partial charge on any atom is -0.507 e. The fourth-order valence-corrected chi connectivity index (χ4v) is 8.20. The molecule has 0 fully saturated rings. The Hall–Kier alpha value is -6.55. The van der Waals surface area contributed by atoms with Crippen LogP contribution in [0.3, 0.4) is 0 Å². The van der Waals surface area contributed by atoms with Crippen LogP contribution in [0.4, 0.5) is 0 Å². The summed E-state index contributed by atoms with van der Waals surface area (Å²) in [4.78, 5) is 86.3. The minimum atomic E-state index is -1.44. The normalized spacial score (nSPS) is 16.6. The van der Waals surface area contributed by atoms with Crippen LogP contribution in [0.1, 0.15) is 124 Å². The highest BCUT2D eigenvalue weighted by atomic mass is 16.4. The largest absolute Gasteiger partial charge is 0.507 e. The van der Waals surface area contributed by atoms with Crippen molar-refractivity contribution in [1.29, 1.82) is 0 Å². The summed E-state index contributed by atoms with van der Waals surface area (Å²) in [5.74, 6) is -5.12. The number of carboxylic acids is 1. The Morgan fingerprint density at radius 3 is 2.24 bits per heavy atom. The first kappa shape index (κ1) is 50.4. The second-order valence-corrected chi connectivity index (χ2v) is 17.2. The number of aryl methyl sites for hydroxylation is 1. The predicted octanol–water partition coefficient (Wildman–Crippen LogP) is 5.56. The van der Waals surface area contributed by atoms with Crippen molar-refractivity contribution in [2.45, 2.75) is 128 Å². The van der Waals surface area contributed by atoms with Crippen molar-refractivity contribution in [1.82, 2.24) is 31.2 Å². The molecule has 1 aliphatic heterocycles. The number of phenols is 2. The van der Waals surface area contributed by atoms with Gasteiger partial charge in [0, 0.05) is 42.9 Å². The van der Waals surface area contributed by atoms with Gasteiger partial charge in [-0.15, -0.1) is 0 Å². The molecule has 0 radical (unpaired) electrons. The number of pyridine rings is 1. The summed E-state index contributed by atoms with van der Waals surface area (Å²) >= 11 is 0. The zero-order valence-corrected chi connectivity index (χ0v) is 38.2. The number of hydrogen-bond donors (Lipinski definition) is 8. The molecule has 16 nitrogen and oxygen atoms in total. The molecule has 16 heteroatoms. The van der Waals surface area contributed by atoms with Crippen molar-refractivity contribution in [3.05, 3.63) is 89.1 Å². The van der Waals surface area contributed by atoms with Crippen LogP contribution in [-0.2, 0) is 36.8 Å². The van der Waals surface area contributed by atoms with Crippen molar-refractivity contribution < 1.29 is 44.1 Å². The molecule has 4 aromatic rings. The molecule has 354 valence electrons. The Bertz CT molecular complexity index is 2350. The first-order valence-corrected chi connectivity index (χ1v) is 23.1. The molecule has 1 aliphatic rings. The van der Waals surface area contributed by atoms with Crippen molar-refractivity contribution in [3.8, 4) is 22.6 Å². The Kier molecular flexibility index (Phi) is 18.8. The first-order valence-electron chi connectivity index (χ1n) is 23.1. The van der Waals surface area contributed by atoms with E-state index in [0.717, 1.165) is 23.1 Å². The third-order valence-corrected chi connectivity index (χ3v) is 12.0. The topological polar surface area (TPSA) is 253 Å². The SMILES string of the molecule is CCCCCCCCCCc1ccc2nc(C(=O)NCCC(=O)N[C@@H](CCCCN)C(=O)N(C)[C@@H]3C(=O)N[C@@H](C)C(=O)N[C@H](C(=O)O)Cc4ccc(O)c(c4)-c4cc3ccc4O)ccc2c1. The van der Waals surface area contributed by atoms with E-state index in [9.17, 15) is 44.1 Å². The maximum absolute atomic E-state index is 14.4. The molecule has 0 unspecified atom stereocenters. The Morgan fingerprint density at radius 2 is 1.53 bits per heavy atom. The lowest BCUT2D eigenvalue weighted by Crippen LogP contribution is -2.54. The number of likely N-dealkylation sites (N-methyl/N-ethyl adjacent to an activating group) is 1. The number of carbonyl (C=O) groups is 6. The van der Waals surface area contributed by atoms with Crippen molar-refractivity contribution >= 4 is 46.4 Å². The molecule has 66 heavy (non-hydrogen) atoms. The van der Waals surface area contributed by atoms with E-state index in [-0.39, 0.29) is 59.7 Å². The summed E-state index contributed by atoms with van der Waals surface area (Å²) in [5.41, 5.74) is 8.71. The van der Waals surface area contributed by atoms with Crippen LogP contribution in [0.5, 0.6) is 11.5 Å². The average Bonchev–Trinajstić information content (AvgIpc) is 3.29. The number of benzene rings is 3. The van der Waals surface area contributed by atoms with E-state index in [1.807, 2.05) is 18.2 Å². The molecule has 4 bridgehead atoms. The molecule has 4 atom stereocenters. The third kappa shape index (κ3) is 14.0. The molecule has 0 aliphatic carbocycles. The van der Waals surface area contributed by atoms with Gasteiger partial charge in [0.15, 0.2) is 0 Å². The first-order chi connectivity index (χ1) is 31.7. The van der Waals surface area contributed by atoms with E-state index >= 15 is 0 Å². The molecule has 0 saturated heterocycles. The van der Waals surface area contributed by atoms with Gasteiger partial charge >= 0.3 is 5.97 Å². The molecule has 2 heterocycles. The van der Waals surface area contributed by atoms with Crippen LogP contribution in [0, 0.1) is 0 Å². The molecule has 5 amide bonds. The molecule has 0 saturated carbocycles. The van der Waals surface area contributed by atoms with Crippen LogP contribution in [0.25, 0.3) is 22.0 Å². The number of nitrogens with one attached hydrogen (secondary N) is 4. The number of rotatable bonds is 21. The van der Waals surface area contributed by atoms with Gasteiger partial charge in [-0.1, -0.05) is 76.1 Å². The van der Waals surface area contributed by atoms with Crippen LogP contribution in [0.2, 0.25) is 0 Å². The highest BCUT2D eigenvalue weighted by Gasteiger charge is 2.36. The van der Waals surface area contributed by atoms with Crippen molar-refractivity contribution in [2.75, 3.05) is 20.1 Å². The van der Waals surface area contributed by atoms with Gasteiger partial charge in [-0.2, -0.15) is 0 Å². The van der Waals surface area contributed by atoms with Crippen LogP contribution >= 0.6 is 0 Å². The number of carbonyl (C=O) groups excluding carboxylic acids is 5. The number of nitrogens with two attached hydrogens (primary N) is 1. The summed E-state index contributed by atoms with van der Waals surface area (Å²) in [5, 5.41) is 43.3. The van der Waals surface area contributed by atoms with Gasteiger partial charge in [-0.25, -0.2) is 9.78 Å². The quantitative estimate of drug-likeness (QED) is 0.0481. The standard InChI is InChI=1S/C50H65N7O9/c1-4-5-6-7-8-9-10-11-14-32-16-20-38-34(27-32)18-21-39(54-38)47(62)52-26-24-44(60)55-40(15-12-13-25-51)49(64)57(3)45-35-19-23-43(59)37(30-35)36-28-33(17-22-42(36)58)29-41(50(65)66)56-46(61)31(2)53-48(45)63/h16-23,27-28,30-31,40-41,45,58-59H,4-15,24-26,29,51H2,1-3H3,(H,52,62)(H,53,63)(H,55,60)(H,56,61)(H,65,66)/t31-,40-,41-,45-/m0/s1. The smallest absolute Gasteiger partial charge is 0.326 e. The summed E-state index contributed by atoms with van der Waals surface area (Å²) in [6, 6.07) is 12.8. The number of nitrogens with zero attached hydrogens (tertiary/aromatic N) is 2. The van der Waals surface area contributed by atoms with Crippen LogP contribution in [0.15, 0.2) is 66.7 Å². The molecule has 0 spiro atoms. The van der Waals surface area contributed by atoms with Gasteiger partial charge in [0.05, 0.1) is 5.52 Å². The number of carboxylic acid groups (broad SMARTS) is 1. The van der Waals surface area contributed by atoms with Gasteiger partial charge in [-0.05, 0) is 105 Å². The summed E-state index contributed by atoms with van der Waals surface area (Å²) in [7, 11) is 1.36. The van der Waals surface area contributed by atoms with Gasteiger partial charge in [0.1, 0.15) is 41.4 Å². The Balaban J connectivity index is 1.27. The molecular weight excluding hydrogens is 843 g/mol. The third-order valence-electron chi connectivity index (χ3n) is 12.0. The predicted molar refractivity (Wildman–Crippen MR) is 251 cm³/mol. The zero-order valence-electron chi connectivity index (χ0n) is 38.2. The van der Waals surface area contributed by atoms with Crippen LogP contribution < -0.4 is 27.0 Å². The van der Waals surface area contributed by atoms with Gasteiger partial charge in [0.2, 0.25) is 23.6 Å². The van der Waals surface area contributed by atoms with E-state index in [1.165, 1.54) is 101 Å². The maximum Gasteiger partial charge on any atom is 0.326 e. The van der Waals surface area contributed by atoms with Gasteiger partial charge in [0.25, 0.3) is 5.91 Å². The summed E-state index contributed by atoms with van der Waals surface area (Å²) in [6.07, 6.45) is 11.8. The number of phenolic OH excluding ortho intramolecular Hbond substituents is 2. The van der Waals surface area contributed by atoms with Gasteiger partial charge in [-0.3, -0.25) is 24.0 Å². The number of aromatic nitrogens is 1. The molecule has 3 aromatic carbocycles. The monoisotopic (exact) mass is 907 g/mol. The van der Waals surface area contributed by atoms with E-state index in [2.05, 4.69) is 39.2 Å². The average molecular weight is 908 g/mol. The minimum absolute atomic E-state index is 0.0560. The lowest BCUT2D eigenvalue weighted by atomic mass is 9.93.